The van der Waals surface area contributed by atoms with Crippen LogP contribution in [-0.4, -0.2) is 65.7 Å². The fourth-order valence-electron chi connectivity index (χ4n) is 2.93. The minimum atomic E-state index is -3.67. The summed E-state index contributed by atoms with van der Waals surface area (Å²) < 4.78 is 72.7. The predicted molar refractivity (Wildman–Crippen MR) is 114 cm³/mol. The van der Waals surface area contributed by atoms with Crippen LogP contribution in [0.5, 0.6) is 0 Å². The second-order valence-electron chi connectivity index (χ2n) is 7.55. The molecule has 9 nitrogen and oxygen atoms in total. The van der Waals surface area contributed by atoms with Gasteiger partial charge in [-0.2, -0.15) is 8.42 Å². The predicted octanol–water partition coefficient (Wildman–Crippen LogP) is 3.13. The molecule has 182 valence electrons. The number of piperidine rings is 1. The number of anilines is 1. The van der Waals surface area contributed by atoms with Gasteiger partial charge in [-0.1, -0.05) is 29.8 Å². The molecule has 1 fully saturated rings. The zero-order valence-corrected chi connectivity index (χ0v) is 18.9. The molecule has 2 heterocycles. The fraction of sp³-hybridized carbons (Fsp3) is 0.450. The molecule has 1 aliphatic rings. The topological polar surface area (TPSA) is 122 Å². The van der Waals surface area contributed by atoms with Crippen molar-refractivity contribution in [1.29, 1.82) is 0 Å². The van der Waals surface area contributed by atoms with E-state index >= 15 is 0 Å². The molecule has 0 aliphatic carbocycles. The first-order chi connectivity index (χ1) is 15.3. The van der Waals surface area contributed by atoms with Gasteiger partial charge in [0, 0.05) is 19.0 Å². The maximum Gasteiger partial charge on any atom is 0.410 e. The molecule has 0 spiro atoms. The highest BCUT2D eigenvalue weighted by atomic mass is 32.2. The van der Waals surface area contributed by atoms with Gasteiger partial charge in [0.15, 0.2) is 5.82 Å². The van der Waals surface area contributed by atoms with Crippen LogP contribution in [0.25, 0.3) is 0 Å². The summed E-state index contributed by atoms with van der Waals surface area (Å²) in [6.45, 7) is 1.35. The number of hydrogen-bond donors (Lipinski definition) is 2. The highest BCUT2D eigenvalue weighted by Gasteiger charge is 2.46. The number of carbonyl (C=O) groups excluding carboxylic acids is 1. The summed E-state index contributed by atoms with van der Waals surface area (Å²) >= 11 is 0. The molecule has 1 unspecified atom stereocenters. The van der Waals surface area contributed by atoms with Gasteiger partial charge in [-0.25, -0.2) is 27.9 Å². The third-order valence-corrected chi connectivity index (χ3v) is 4.61. The quantitative estimate of drug-likeness (QED) is 0.613. The number of benzene rings is 1. The molecule has 1 aromatic carbocycles. The Balaban J connectivity index is 0.000000696. The van der Waals surface area contributed by atoms with Crippen LogP contribution in [0.1, 0.15) is 17.5 Å². The SMILES string of the molecule is CS(=O)(=O)O.Cc1ccc(COC(=O)N2CCC(CNc3ncc(F)cn3)C(F)(F)C2)cc1. The molecule has 1 aliphatic heterocycles. The Bertz CT molecular complexity index is 1010. The third-order valence-electron chi connectivity index (χ3n) is 4.61. The van der Waals surface area contributed by atoms with Crippen molar-refractivity contribution < 1.29 is 35.7 Å². The average molecular weight is 491 g/mol. The Hall–Kier alpha value is -2.93. The Morgan fingerprint density at radius 3 is 2.39 bits per heavy atom. The van der Waals surface area contributed by atoms with E-state index in [1.54, 1.807) is 0 Å². The molecule has 0 bridgehead atoms. The number of aromatic nitrogens is 2. The number of nitrogens with one attached hydrogen (secondary N) is 1. The first-order valence-electron chi connectivity index (χ1n) is 9.82. The van der Waals surface area contributed by atoms with Crippen LogP contribution < -0.4 is 5.32 Å². The van der Waals surface area contributed by atoms with E-state index in [2.05, 4.69) is 15.3 Å². The van der Waals surface area contributed by atoms with Crippen molar-refractivity contribution in [2.24, 2.45) is 5.92 Å². The lowest BCUT2D eigenvalue weighted by molar-refractivity contribution is -0.102. The van der Waals surface area contributed by atoms with Crippen molar-refractivity contribution in [3.63, 3.8) is 0 Å². The molecular formula is C20H25F3N4O5S. The largest absolute Gasteiger partial charge is 0.445 e. The summed E-state index contributed by atoms with van der Waals surface area (Å²) in [6, 6.07) is 7.43. The van der Waals surface area contributed by atoms with E-state index in [9.17, 15) is 26.4 Å². The van der Waals surface area contributed by atoms with Gasteiger partial charge in [-0.15, -0.1) is 0 Å². The van der Waals surface area contributed by atoms with E-state index < -0.39 is 40.4 Å². The van der Waals surface area contributed by atoms with Gasteiger partial charge in [0.25, 0.3) is 16.0 Å². The molecule has 0 radical (unpaired) electrons. The number of likely N-dealkylation sites (tertiary alicyclic amines) is 1. The summed E-state index contributed by atoms with van der Waals surface area (Å²) in [5.74, 6) is -4.61. The van der Waals surface area contributed by atoms with Crippen LogP contribution in [0.4, 0.5) is 23.9 Å². The lowest BCUT2D eigenvalue weighted by Gasteiger charge is -2.37. The van der Waals surface area contributed by atoms with Crippen LogP contribution in [0.15, 0.2) is 36.7 Å². The summed E-state index contributed by atoms with van der Waals surface area (Å²) in [6.07, 6.45) is 1.97. The van der Waals surface area contributed by atoms with Crippen molar-refractivity contribution in [2.75, 3.05) is 31.2 Å². The van der Waals surface area contributed by atoms with Gasteiger partial charge in [0.2, 0.25) is 5.95 Å². The number of nitrogens with zero attached hydrogens (tertiary/aromatic N) is 3. The van der Waals surface area contributed by atoms with Gasteiger partial charge in [-0.3, -0.25) is 4.55 Å². The molecular weight excluding hydrogens is 465 g/mol. The molecule has 2 aromatic rings. The van der Waals surface area contributed by atoms with Gasteiger partial charge in [0.05, 0.1) is 25.2 Å². The first kappa shape index (κ1) is 26.3. The monoisotopic (exact) mass is 490 g/mol. The van der Waals surface area contributed by atoms with Crippen molar-refractivity contribution in [3.05, 3.63) is 53.6 Å². The summed E-state index contributed by atoms with van der Waals surface area (Å²) in [7, 11) is -3.67. The highest BCUT2D eigenvalue weighted by molar-refractivity contribution is 7.85. The maximum absolute atomic E-state index is 14.5. The first-order valence-corrected chi connectivity index (χ1v) is 11.7. The number of alkyl halides is 2. The molecule has 0 saturated carbocycles. The summed E-state index contributed by atoms with van der Waals surface area (Å²) in [4.78, 5) is 20.5. The Labute approximate surface area is 189 Å². The standard InChI is InChI=1S/C19H21F3N4O2.CH4O3S/c1-13-2-4-14(5-3-13)11-28-18(27)26-7-6-15(19(21,22)12-26)8-23-17-24-9-16(20)10-25-17;1-5(2,3)4/h2-5,9-10,15H,6-8,11-12H2,1H3,(H,23,24,25);1H3,(H,2,3,4). The Kier molecular flexibility index (Phi) is 8.99. The normalized spacial score (nSPS) is 17.5. The van der Waals surface area contributed by atoms with Gasteiger partial charge < -0.3 is 15.0 Å². The third kappa shape index (κ3) is 9.61. The van der Waals surface area contributed by atoms with Crippen LogP contribution in [-0.2, 0) is 21.5 Å². The summed E-state index contributed by atoms with van der Waals surface area (Å²) in [5.41, 5.74) is 1.88. The van der Waals surface area contributed by atoms with Crippen LogP contribution in [0.2, 0.25) is 0 Å². The number of carbonyl (C=O) groups is 1. The smallest absolute Gasteiger partial charge is 0.410 e. The molecule has 33 heavy (non-hydrogen) atoms. The van der Waals surface area contributed by atoms with E-state index in [0.717, 1.165) is 28.4 Å². The lowest BCUT2D eigenvalue weighted by Crippen LogP contribution is -2.52. The number of rotatable bonds is 5. The molecule has 1 atom stereocenters. The van der Waals surface area contributed by atoms with Crippen LogP contribution in [0.3, 0.4) is 0 Å². The maximum atomic E-state index is 14.5. The zero-order chi connectivity index (χ0) is 24.6. The van der Waals surface area contributed by atoms with E-state index in [4.69, 9.17) is 9.29 Å². The molecule has 3 rings (SSSR count). The Morgan fingerprint density at radius 2 is 1.85 bits per heavy atom. The van der Waals surface area contributed by atoms with Crippen LogP contribution >= 0.6 is 0 Å². The molecule has 1 saturated heterocycles. The average Bonchev–Trinajstić information content (AvgIpc) is 2.71. The van der Waals surface area contributed by atoms with E-state index in [1.807, 2.05) is 31.2 Å². The van der Waals surface area contributed by atoms with Gasteiger partial charge >= 0.3 is 6.09 Å². The van der Waals surface area contributed by atoms with Crippen LogP contribution in [0, 0.1) is 18.7 Å². The van der Waals surface area contributed by atoms with E-state index in [1.165, 1.54) is 0 Å². The molecule has 13 heteroatoms. The van der Waals surface area contributed by atoms with Crippen molar-refractivity contribution in [2.45, 2.75) is 25.9 Å². The van der Waals surface area contributed by atoms with E-state index in [-0.39, 0.29) is 32.1 Å². The van der Waals surface area contributed by atoms with Crippen molar-refractivity contribution in [3.8, 4) is 0 Å². The van der Waals surface area contributed by atoms with Crippen molar-refractivity contribution in [1.82, 2.24) is 14.9 Å². The minimum absolute atomic E-state index is 0.0358. The zero-order valence-electron chi connectivity index (χ0n) is 18.0. The highest BCUT2D eigenvalue weighted by Crippen LogP contribution is 2.33. The van der Waals surface area contributed by atoms with E-state index in [0.29, 0.717) is 6.26 Å². The lowest BCUT2D eigenvalue weighted by atomic mass is 9.93. The molecule has 1 amide bonds. The van der Waals surface area contributed by atoms with Gasteiger partial charge in [0.1, 0.15) is 6.61 Å². The number of hydrogen-bond acceptors (Lipinski definition) is 7. The second kappa shape index (κ2) is 11.3. The van der Waals surface area contributed by atoms with Gasteiger partial charge in [-0.05, 0) is 18.9 Å². The summed E-state index contributed by atoms with van der Waals surface area (Å²) in [5, 5.41) is 2.69. The number of ether oxygens (including phenoxy) is 1. The number of aryl methyl sites for hydroxylation is 1. The molecule has 2 N–H and O–H groups in total. The fourth-order valence-corrected chi connectivity index (χ4v) is 2.93. The second-order valence-corrected chi connectivity index (χ2v) is 9.01. The number of halogens is 3. The van der Waals surface area contributed by atoms with Crippen molar-refractivity contribution >= 4 is 22.2 Å². The minimum Gasteiger partial charge on any atom is -0.445 e. The number of amides is 1. The molecule has 1 aromatic heterocycles. The Morgan fingerprint density at radius 1 is 1.27 bits per heavy atom.